The van der Waals surface area contributed by atoms with Gasteiger partial charge >= 0.3 is 5.97 Å². The lowest BCUT2D eigenvalue weighted by atomic mass is 10.00. The molecule has 14 heavy (non-hydrogen) atoms. The first kappa shape index (κ1) is 13.4. The number of carbonyl (C=O) groups is 1. The molecule has 0 spiro atoms. The fourth-order valence-corrected chi connectivity index (χ4v) is 1.53. The summed E-state index contributed by atoms with van der Waals surface area (Å²) in [7, 11) is 1.66. The number of carbonyl (C=O) groups excluding carboxylic acids is 1. The molecule has 0 aromatic carbocycles. The van der Waals surface area contributed by atoms with Gasteiger partial charge in [0.15, 0.2) is 0 Å². The third-order valence-corrected chi connectivity index (χ3v) is 2.14. The van der Waals surface area contributed by atoms with Gasteiger partial charge in [-0.3, -0.25) is 4.79 Å². The van der Waals surface area contributed by atoms with Crippen LogP contribution >= 0.6 is 0 Å². The molecule has 0 bridgehead atoms. The van der Waals surface area contributed by atoms with Gasteiger partial charge in [-0.05, 0) is 18.8 Å². The van der Waals surface area contributed by atoms with Crippen molar-refractivity contribution in [1.29, 1.82) is 0 Å². The van der Waals surface area contributed by atoms with E-state index in [4.69, 9.17) is 9.47 Å². The van der Waals surface area contributed by atoms with Gasteiger partial charge in [0.2, 0.25) is 0 Å². The van der Waals surface area contributed by atoms with E-state index in [9.17, 15) is 4.79 Å². The highest BCUT2D eigenvalue weighted by Gasteiger charge is 2.23. The maximum absolute atomic E-state index is 10.9. The number of rotatable bonds is 6. The summed E-state index contributed by atoms with van der Waals surface area (Å²) in [6.07, 6.45) is 1.62. The largest absolute Gasteiger partial charge is 0.460 e. The quantitative estimate of drug-likeness (QED) is 0.620. The van der Waals surface area contributed by atoms with Gasteiger partial charge in [0.05, 0.1) is 6.10 Å². The molecule has 0 aliphatic rings. The number of methoxy groups -OCH3 is 1. The average Bonchev–Trinajstić information content (AvgIpc) is 2.03. The second kappa shape index (κ2) is 6.82. The molecule has 0 radical (unpaired) electrons. The van der Waals surface area contributed by atoms with Crippen molar-refractivity contribution >= 4 is 5.97 Å². The molecule has 2 unspecified atom stereocenters. The van der Waals surface area contributed by atoms with E-state index in [1.54, 1.807) is 7.11 Å². The van der Waals surface area contributed by atoms with Crippen molar-refractivity contribution in [3.8, 4) is 0 Å². The molecule has 0 aromatic rings. The lowest BCUT2D eigenvalue weighted by Gasteiger charge is -2.25. The molecular weight excluding hydrogens is 180 g/mol. The molecule has 2 atom stereocenters. The van der Waals surface area contributed by atoms with Crippen LogP contribution in [0, 0.1) is 5.92 Å². The lowest BCUT2D eigenvalue weighted by molar-refractivity contribution is -0.155. The topological polar surface area (TPSA) is 35.5 Å². The van der Waals surface area contributed by atoms with Gasteiger partial charge in [-0.15, -0.1) is 0 Å². The highest BCUT2D eigenvalue weighted by molar-refractivity contribution is 5.66. The summed E-state index contributed by atoms with van der Waals surface area (Å²) in [6.45, 7) is 7.69. The minimum Gasteiger partial charge on any atom is -0.460 e. The van der Waals surface area contributed by atoms with E-state index >= 15 is 0 Å². The number of hydrogen-bond acceptors (Lipinski definition) is 3. The number of esters is 1. The molecule has 0 saturated heterocycles. The van der Waals surface area contributed by atoms with E-state index in [2.05, 4.69) is 13.8 Å². The van der Waals surface area contributed by atoms with Crippen LogP contribution in [0.25, 0.3) is 0 Å². The van der Waals surface area contributed by atoms with Crippen molar-refractivity contribution in [3.05, 3.63) is 0 Å². The Labute approximate surface area is 86.8 Å². The number of ether oxygens (including phenoxy) is 2. The van der Waals surface area contributed by atoms with Crippen LogP contribution < -0.4 is 0 Å². The second-order valence-electron chi connectivity index (χ2n) is 3.96. The molecule has 0 aromatic heterocycles. The Morgan fingerprint density at radius 1 is 1.29 bits per heavy atom. The number of hydrogen-bond donors (Lipinski definition) is 0. The highest BCUT2D eigenvalue weighted by atomic mass is 16.6. The van der Waals surface area contributed by atoms with Crippen LogP contribution in [0.3, 0.4) is 0 Å². The molecule has 0 amide bonds. The third-order valence-electron chi connectivity index (χ3n) is 2.14. The maximum atomic E-state index is 10.9. The Kier molecular flexibility index (Phi) is 6.54. The van der Waals surface area contributed by atoms with Crippen molar-refractivity contribution in [3.63, 3.8) is 0 Å². The van der Waals surface area contributed by atoms with E-state index in [1.165, 1.54) is 6.92 Å². The molecule has 3 nitrogen and oxygen atoms in total. The Hall–Kier alpha value is -0.570. The van der Waals surface area contributed by atoms with Gasteiger partial charge in [0.1, 0.15) is 6.10 Å². The van der Waals surface area contributed by atoms with Crippen molar-refractivity contribution in [2.45, 2.75) is 52.7 Å². The van der Waals surface area contributed by atoms with Crippen LogP contribution in [0.5, 0.6) is 0 Å². The zero-order valence-corrected chi connectivity index (χ0v) is 9.87. The summed E-state index contributed by atoms with van der Waals surface area (Å²) in [4.78, 5) is 10.9. The molecule has 84 valence electrons. The van der Waals surface area contributed by atoms with Gasteiger partial charge in [0.25, 0.3) is 0 Å². The normalized spacial score (nSPS) is 15.3. The van der Waals surface area contributed by atoms with E-state index in [0.717, 1.165) is 12.8 Å². The molecule has 0 fully saturated rings. The molecule has 0 rings (SSSR count). The first-order valence-corrected chi connectivity index (χ1v) is 5.21. The average molecular weight is 202 g/mol. The van der Waals surface area contributed by atoms with Crippen LogP contribution in [0.4, 0.5) is 0 Å². The fourth-order valence-electron chi connectivity index (χ4n) is 1.53. The third kappa shape index (κ3) is 5.22. The van der Waals surface area contributed by atoms with Gasteiger partial charge < -0.3 is 9.47 Å². The zero-order valence-electron chi connectivity index (χ0n) is 9.87. The smallest absolute Gasteiger partial charge is 0.302 e. The van der Waals surface area contributed by atoms with Crippen molar-refractivity contribution in [2.24, 2.45) is 5.92 Å². The monoisotopic (exact) mass is 202 g/mol. The summed E-state index contributed by atoms with van der Waals surface area (Å²) >= 11 is 0. The summed E-state index contributed by atoms with van der Waals surface area (Å²) in [5.74, 6) is 0.273. The van der Waals surface area contributed by atoms with Gasteiger partial charge in [-0.25, -0.2) is 0 Å². The van der Waals surface area contributed by atoms with Gasteiger partial charge in [0, 0.05) is 14.0 Å². The second-order valence-corrected chi connectivity index (χ2v) is 3.96. The SMILES string of the molecule is CCC(OC)C(CC(C)C)OC(C)=O. The van der Waals surface area contributed by atoms with Gasteiger partial charge in [-0.1, -0.05) is 20.8 Å². The molecule has 0 aliphatic carbocycles. The molecule has 0 aliphatic heterocycles. The van der Waals surface area contributed by atoms with Crippen LogP contribution in [0.15, 0.2) is 0 Å². The van der Waals surface area contributed by atoms with Crippen LogP contribution in [0.2, 0.25) is 0 Å². The molecule has 3 heteroatoms. The van der Waals surface area contributed by atoms with Crippen molar-refractivity contribution in [2.75, 3.05) is 7.11 Å². The van der Waals surface area contributed by atoms with Crippen LogP contribution in [-0.4, -0.2) is 25.3 Å². The Morgan fingerprint density at radius 2 is 1.86 bits per heavy atom. The Bertz CT molecular complexity index is 162. The first-order valence-electron chi connectivity index (χ1n) is 5.21. The minimum absolute atomic E-state index is 0.0151. The van der Waals surface area contributed by atoms with Crippen molar-refractivity contribution < 1.29 is 14.3 Å². The maximum Gasteiger partial charge on any atom is 0.302 e. The summed E-state index contributed by atoms with van der Waals surface area (Å²) in [5.41, 5.74) is 0. The summed E-state index contributed by atoms with van der Waals surface area (Å²) in [6, 6.07) is 0. The van der Waals surface area contributed by atoms with Crippen molar-refractivity contribution in [1.82, 2.24) is 0 Å². The minimum atomic E-state index is -0.230. The molecule has 0 N–H and O–H groups in total. The Balaban J connectivity index is 4.27. The first-order chi connectivity index (χ1) is 6.51. The summed E-state index contributed by atoms with van der Waals surface area (Å²) < 4.78 is 10.5. The van der Waals surface area contributed by atoms with Crippen LogP contribution in [0.1, 0.15) is 40.5 Å². The highest BCUT2D eigenvalue weighted by Crippen LogP contribution is 2.16. The molecular formula is C11H22O3. The van der Waals surface area contributed by atoms with E-state index in [0.29, 0.717) is 5.92 Å². The predicted octanol–water partition coefficient (Wildman–Crippen LogP) is 2.39. The van der Waals surface area contributed by atoms with E-state index in [1.807, 2.05) is 6.92 Å². The van der Waals surface area contributed by atoms with E-state index in [-0.39, 0.29) is 18.2 Å². The predicted molar refractivity (Wildman–Crippen MR) is 56.1 cm³/mol. The van der Waals surface area contributed by atoms with Crippen LogP contribution in [-0.2, 0) is 14.3 Å². The standard InChI is InChI=1S/C11H22O3/c1-6-10(13-5)11(7-8(2)3)14-9(4)12/h8,10-11H,6-7H2,1-5H3. The van der Waals surface area contributed by atoms with Gasteiger partial charge in [-0.2, -0.15) is 0 Å². The molecule has 0 saturated carbocycles. The Morgan fingerprint density at radius 3 is 2.14 bits per heavy atom. The lowest BCUT2D eigenvalue weighted by Crippen LogP contribution is -2.33. The summed E-state index contributed by atoms with van der Waals surface area (Å²) in [5, 5.41) is 0. The zero-order chi connectivity index (χ0) is 11.1. The fraction of sp³-hybridized carbons (Fsp3) is 0.909. The van der Waals surface area contributed by atoms with E-state index < -0.39 is 0 Å². The molecule has 0 heterocycles.